The molecule has 0 fully saturated rings. The molecule has 3 aromatic rings. The third-order valence-corrected chi connectivity index (χ3v) is 4.67. The van der Waals surface area contributed by atoms with Gasteiger partial charge in [-0.25, -0.2) is 9.18 Å². The summed E-state index contributed by atoms with van der Waals surface area (Å²) in [6.45, 7) is 0.261. The number of carbonyl (C=O) groups excluding carboxylic acids is 1. The van der Waals surface area contributed by atoms with Gasteiger partial charge in [-0.05, 0) is 45.5 Å². The average Bonchev–Trinajstić information content (AvgIpc) is 2.85. The molecule has 130 valence electrons. The first-order valence-electron chi connectivity index (χ1n) is 8.35. The molecule has 1 unspecified atom stereocenters. The quantitative estimate of drug-likeness (QED) is 0.618. The van der Waals surface area contributed by atoms with Crippen LogP contribution in [0.15, 0.2) is 66.7 Å². The monoisotopic (exact) mass is 348 g/mol. The maximum absolute atomic E-state index is 13.3. The predicted molar refractivity (Wildman–Crippen MR) is 96.8 cm³/mol. The molecule has 0 N–H and O–H groups in total. The van der Waals surface area contributed by atoms with Gasteiger partial charge in [-0.3, -0.25) is 0 Å². The first kappa shape index (κ1) is 16.5. The molecule has 1 aliphatic rings. The van der Waals surface area contributed by atoms with Crippen molar-refractivity contribution in [3.63, 3.8) is 0 Å². The van der Waals surface area contributed by atoms with Crippen LogP contribution in [0.2, 0.25) is 0 Å². The van der Waals surface area contributed by atoms with E-state index >= 15 is 0 Å². The minimum Gasteiger partial charge on any atom is -0.467 e. The van der Waals surface area contributed by atoms with Crippen molar-refractivity contribution in [1.29, 1.82) is 0 Å². The van der Waals surface area contributed by atoms with Crippen molar-refractivity contribution >= 4 is 5.97 Å². The van der Waals surface area contributed by atoms with Crippen LogP contribution in [0.1, 0.15) is 17.2 Å². The number of esters is 1. The molecular weight excluding hydrogens is 331 g/mol. The summed E-state index contributed by atoms with van der Waals surface area (Å²) in [6, 6.07) is 20.0. The van der Waals surface area contributed by atoms with E-state index in [9.17, 15) is 9.18 Å². The number of benzene rings is 3. The zero-order valence-corrected chi connectivity index (χ0v) is 14.2. The molecule has 0 saturated heterocycles. The summed E-state index contributed by atoms with van der Waals surface area (Å²) in [5, 5.41) is 0. The summed E-state index contributed by atoms with van der Waals surface area (Å²) in [4.78, 5) is 12.2. The Hall–Kier alpha value is -2.98. The van der Waals surface area contributed by atoms with E-state index in [1.807, 2.05) is 42.5 Å². The minimum atomic E-state index is -0.773. The highest BCUT2D eigenvalue weighted by atomic mass is 19.1. The van der Waals surface area contributed by atoms with Crippen molar-refractivity contribution < 1.29 is 18.7 Å². The van der Waals surface area contributed by atoms with E-state index in [0.717, 1.165) is 33.4 Å². The number of halogens is 1. The van der Waals surface area contributed by atoms with Gasteiger partial charge in [0, 0.05) is 0 Å². The molecular formula is C22H17FO3. The lowest BCUT2D eigenvalue weighted by Crippen LogP contribution is -2.17. The Balaban J connectivity index is 1.90. The molecule has 0 aliphatic carbocycles. The molecule has 4 heteroatoms. The molecule has 3 nitrogen and oxygen atoms in total. The lowest BCUT2D eigenvalue weighted by molar-refractivity contribution is -0.155. The van der Waals surface area contributed by atoms with Crippen molar-refractivity contribution in [3.05, 3.63) is 83.7 Å². The largest absolute Gasteiger partial charge is 0.467 e. The highest BCUT2D eigenvalue weighted by Gasteiger charge is 2.29. The molecule has 26 heavy (non-hydrogen) atoms. The standard InChI is InChI=1S/C22H17FO3/c1-25-22(24)21-19-6-3-2-5-17(19)18-8-4-7-16(20(18)13-26-21)14-9-11-15(23)12-10-14/h2-12,21H,13H2,1H3. The lowest BCUT2D eigenvalue weighted by atomic mass is 9.90. The maximum Gasteiger partial charge on any atom is 0.339 e. The summed E-state index contributed by atoms with van der Waals surface area (Å²) in [6.07, 6.45) is -0.773. The molecule has 0 saturated carbocycles. The molecule has 1 atom stereocenters. The van der Waals surface area contributed by atoms with E-state index in [2.05, 4.69) is 0 Å². The summed E-state index contributed by atoms with van der Waals surface area (Å²) in [5.41, 5.74) is 5.57. The van der Waals surface area contributed by atoms with Crippen LogP contribution in [0, 0.1) is 5.82 Å². The minimum absolute atomic E-state index is 0.261. The second-order valence-corrected chi connectivity index (χ2v) is 6.14. The summed E-state index contributed by atoms with van der Waals surface area (Å²) in [5.74, 6) is -0.697. The Labute approximate surface area is 151 Å². The van der Waals surface area contributed by atoms with Crippen LogP contribution < -0.4 is 0 Å². The van der Waals surface area contributed by atoms with Gasteiger partial charge in [0.1, 0.15) is 5.82 Å². The molecule has 0 spiro atoms. The maximum atomic E-state index is 13.3. The molecule has 3 aromatic carbocycles. The molecule has 1 heterocycles. The van der Waals surface area contributed by atoms with Gasteiger partial charge >= 0.3 is 5.97 Å². The fourth-order valence-corrected chi connectivity index (χ4v) is 3.42. The SMILES string of the molecule is COC(=O)C1OCc2c(-c3ccc(F)cc3)cccc2-c2ccccc21. The zero-order valence-electron chi connectivity index (χ0n) is 14.2. The van der Waals surface area contributed by atoms with Crippen molar-refractivity contribution in [2.75, 3.05) is 7.11 Å². The van der Waals surface area contributed by atoms with Gasteiger partial charge in [-0.2, -0.15) is 0 Å². The molecule has 1 aliphatic heterocycles. The first-order valence-corrected chi connectivity index (χ1v) is 8.35. The summed E-state index contributed by atoms with van der Waals surface area (Å²) in [7, 11) is 1.36. The normalized spacial score (nSPS) is 15.5. The van der Waals surface area contributed by atoms with Crippen molar-refractivity contribution in [1.82, 2.24) is 0 Å². The van der Waals surface area contributed by atoms with Gasteiger partial charge in [0.05, 0.1) is 13.7 Å². The topological polar surface area (TPSA) is 35.5 Å². The summed E-state index contributed by atoms with van der Waals surface area (Å²) < 4.78 is 24.2. The number of ether oxygens (including phenoxy) is 2. The number of hydrogen-bond acceptors (Lipinski definition) is 3. The Kier molecular flexibility index (Phi) is 4.27. The second kappa shape index (κ2) is 6.73. The highest BCUT2D eigenvalue weighted by molar-refractivity contribution is 5.85. The fourth-order valence-electron chi connectivity index (χ4n) is 3.42. The average molecular weight is 348 g/mol. The van der Waals surface area contributed by atoms with Crippen LogP contribution in [0.5, 0.6) is 0 Å². The number of carbonyl (C=O) groups is 1. The Morgan fingerprint density at radius 1 is 0.962 bits per heavy atom. The van der Waals surface area contributed by atoms with Crippen LogP contribution in [0.25, 0.3) is 22.3 Å². The summed E-state index contributed by atoms with van der Waals surface area (Å²) >= 11 is 0. The van der Waals surface area contributed by atoms with Crippen molar-refractivity contribution in [2.45, 2.75) is 12.7 Å². The van der Waals surface area contributed by atoms with Gasteiger partial charge < -0.3 is 9.47 Å². The first-order chi connectivity index (χ1) is 12.7. The second-order valence-electron chi connectivity index (χ2n) is 6.14. The van der Waals surface area contributed by atoms with E-state index in [1.165, 1.54) is 19.2 Å². The molecule has 0 aromatic heterocycles. The van der Waals surface area contributed by atoms with E-state index in [1.54, 1.807) is 12.1 Å². The van der Waals surface area contributed by atoms with Crippen LogP contribution in [-0.4, -0.2) is 13.1 Å². The Morgan fingerprint density at radius 3 is 2.42 bits per heavy atom. The van der Waals surface area contributed by atoms with E-state index < -0.39 is 12.1 Å². The van der Waals surface area contributed by atoms with Gasteiger partial charge in [-0.1, -0.05) is 54.6 Å². The molecule has 0 amide bonds. The Morgan fingerprint density at radius 2 is 1.65 bits per heavy atom. The van der Waals surface area contributed by atoms with Crippen LogP contribution in [0.3, 0.4) is 0 Å². The zero-order chi connectivity index (χ0) is 18.1. The van der Waals surface area contributed by atoms with Crippen molar-refractivity contribution in [3.8, 4) is 22.3 Å². The van der Waals surface area contributed by atoms with E-state index in [4.69, 9.17) is 9.47 Å². The van der Waals surface area contributed by atoms with Gasteiger partial charge in [0.25, 0.3) is 0 Å². The number of fused-ring (bicyclic) bond motifs is 3. The smallest absolute Gasteiger partial charge is 0.339 e. The van der Waals surface area contributed by atoms with E-state index in [-0.39, 0.29) is 12.4 Å². The Bertz CT molecular complexity index is 963. The molecule has 0 radical (unpaired) electrons. The number of methoxy groups -OCH3 is 1. The third kappa shape index (κ3) is 2.78. The van der Waals surface area contributed by atoms with Crippen LogP contribution >= 0.6 is 0 Å². The predicted octanol–water partition coefficient (Wildman–Crippen LogP) is 4.90. The van der Waals surface area contributed by atoms with E-state index in [0.29, 0.717) is 0 Å². The fraction of sp³-hybridized carbons (Fsp3) is 0.136. The lowest BCUT2D eigenvalue weighted by Gasteiger charge is -2.15. The van der Waals surface area contributed by atoms with Gasteiger partial charge in [0.2, 0.25) is 0 Å². The van der Waals surface area contributed by atoms with Crippen molar-refractivity contribution in [2.24, 2.45) is 0 Å². The van der Waals surface area contributed by atoms with Gasteiger partial charge in [0.15, 0.2) is 6.10 Å². The molecule has 0 bridgehead atoms. The van der Waals surface area contributed by atoms with Crippen LogP contribution in [0.4, 0.5) is 4.39 Å². The van der Waals surface area contributed by atoms with Gasteiger partial charge in [-0.15, -0.1) is 0 Å². The number of hydrogen-bond donors (Lipinski definition) is 0. The van der Waals surface area contributed by atoms with Crippen LogP contribution in [-0.2, 0) is 20.9 Å². The third-order valence-electron chi connectivity index (χ3n) is 4.67. The molecule has 4 rings (SSSR count). The number of rotatable bonds is 2. The highest BCUT2D eigenvalue weighted by Crippen LogP contribution is 2.40.